The first-order chi connectivity index (χ1) is 12.5. The van der Waals surface area contributed by atoms with E-state index in [1.807, 2.05) is 18.7 Å². The minimum atomic E-state index is -0.295. The van der Waals surface area contributed by atoms with Gasteiger partial charge in [-0.3, -0.25) is 9.89 Å². The van der Waals surface area contributed by atoms with Crippen LogP contribution in [-0.2, 0) is 11.2 Å². The molecular formula is C19H22FN5O. The number of carbonyl (C=O) groups excluding carboxylic acids is 1. The van der Waals surface area contributed by atoms with Crippen molar-refractivity contribution in [1.29, 1.82) is 0 Å². The van der Waals surface area contributed by atoms with Crippen LogP contribution in [0.2, 0.25) is 0 Å². The molecule has 4 rings (SSSR count). The van der Waals surface area contributed by atoms with Crippen LogP contribution in [-0.4, -0.2) is 37.5 Å². The van der Waals surface area contributed by atoms with Gasteiger partial charge in [-0.2, -0.15) is 5.10 Å². The SMILES string of the molecule is Cc1[nH]nc(CCC(=O)N2CCCC2c2nc3ccc(F)cc3[nH]2)c1C. The Morgan fingerprint density at radius 3 is 3.00 bits per heavy atom. The second-order valence-corrected chi connectivity index (χ2v) is 6.95. The summed E-state index contributed by atoms with van der Waals surface area (Å²) in [4.78, 5) is 22.4. The number of aryl methyl sites for hydroxylation is 2. The van der Waals surface area contributed by atoms with Gasteiger partial charge < -0.3 is 9.88 Å². The number of H-pyrrole nitrogens is 2. The highest BCUT2D eigenvalue weighted by molar-refractivity contribution is 5.78. The van der Waals surface area contributed by atoms with Gasteiger partial charge in [0.25, 0.3) is 0 Å². The highest BCUT2D eigenvalue weighted by Gasteiger charge is 2.32. The average Bonchev–Trinajstić information content (AvgIpc) is 3.32. The van der Waals surface area contributed by atoms with Crippen molar-refractivity contribution in [3.8, 4) is 0 Å². The van der Waals surface area contributed by atoms with E-state index in [1.165, 1.54) is 12.1 Å². The summed E-state index contributed by atoms with van der Waals surface area (Å²) >= 11 is 0. The van der Waals surface area contributed by atoms with E-state index < -0.39 is 0 Å². The Morgan fingerprint density at radius 1 is 1.38 bits per heavy atom. The lowest BCUT2D eigenvalue weighted by atomic mass is 10.1. The summed E-state index contributed by atoms with van der Waals surface area (Å²) in [5, 5.41) is 7.24. The molecule has 6 nitrogen and oxygen atoms in total. The van der Waals surface area contributed by atoms with E-state index in [-0.39, 0.29) is 17.8 Å². The molecule has 3 aromatic rings. The van der Waals surface area contributed by atoms with Gasteiger partial charge in [-0.15, -0.1) is 0 Å². The predicted molar refractivity (Wildman–Crippen MR) is 96.1 cm³/mol. The van der Waals surface area contributed by atoms with Gasteiger partial charge in [0.05, 0.1) is 22.8 Å². The summed E-state index contributed by atoms with van der Waals surface area (Å²) in [7, 11) is 0. The molecule has 1 unspecified atom stereocenters. The first-order valence-corrected chi connectivity index (χ1v) is 8.98. The molecular weight excluding hydrogens is 333 g/mol. The van der Waals surface area contributed by atoms with Crippen LogP contribution in [0.15, 0.2) is 18.2 Å². The molecule has 26 heavy (non-hydrogen) atoms. The molecule has 0 aliphatic carbocycles. The van der Waals surface area contributed by atoms with Crippen LogP contribution in [0.25, 0.3) is 11.0 Å². The zero-order valence-electron chi connectivity index (χ0n) is 15.0. The third-order valence-electron chi connectivity index (χ3n) is 5.28. The van der Waals surface area contributed by atoms with Crippen molar-refractivity contribution in [1.82, 2.24) is 25.1 Å². The van der Waals surface area contributed by atoms with Crippen molar-refractivity contribution in [2.24, 2.45) is 0 Å². The van der Waals surface area contributed by atoms with Gasteiger partial charge in [-0.05, 0) is 50.5 Å². The molecule has 1 atom stereocenters. The molecule has 1 aromatic carbocycles. The lowest BCUT2D eigenvalue weighted by molar-refractivity contribution is -0.132. The fraction of sp³-hybridized carbons (Fsp3) is 0.421. The molecule has 0 spiro atoms. The Hall–Kier alpha value is -2.70. The summed E-state index contributed by atoms with van der Waals surface area (Å²) in [5.74, 6) is 0.555. The number of hydrogen-bond donors (Lipinski definition) is 2. The molecule has 7 heteroatoms. The number of benzene rings is 1. The molecule has 1 amide bonds. The van der Waals surface area contributed by atoms with Crippen LogP contribution in [0.1, 0.15) is 48.1 Å². The Labute approximate surface area is 150 Å². The molecule has 1 fully saturated rings. The van der Waals surface area contributed by atoms with E-state index >= 15 is 0 Å². The van der Waals surface area contributed by atoms with Crippen molar-refractivity contribution in [3.05, 3.63) is 46.8 Å². The van der Waals surface area contributed by atoms with E-state index in [1.54, 1.807) is 6.07 Å². The highest BCUT2D eigenvalue weighted by Crippen LogP contribution is 2.32. The van der Waals surface area contributed by atoms with Crippen molar-refractivity contribution >= 4 is 16.9 Å². The zero-order chi connectivity index (χ0) is 18.3. The van der Waals surface area contributed by atoms with Gasteiger partial charge in [-0.25, -0.2) is 9.37 Å². The maximum absolute atomic E-state index is 13.4. The van der Waals surface area contributed by atoms with Gasteiger partial charge >= 0.3 is 0 Å². The fourth-order valence-corrected chi connectivity index (χ4v) is 3.66. The second-order valence-electron chi connectivity index (χ2n) is 6.95. The van der Waals surface area contributed by atoms with Crippen LogP contribution in [0.5, 0.6) is 0 Å². The van der Waals surface area contributed by atoms with Crippen LogP contribution in [0.3, 0.4) is 0 Å². The number of nitrogens with zero attached hydrogens (tertiary/aromatic N) is 3. The van der Waals surface area contributed by atoms with Crippen LogP contribution >= 0.6 is 0 Å². The van der Waals surface area contributed by atoms with Crippen molar-refractivity contribution < 1.29 is 9.18 Å². The van der Waals surface area contributed by atoms with E-state index in [4.69, 9.17) is 0 Å². The highest BCUT2D eigenvalue weighted by atomic mass is 19.1. The lowest BCUT2D eigenvalue weighted by Crippen LogP contribution is -2.31. The number of likely N-dealkylation sites (tertiary alicyclic amines) is 1. The van der Waals surface area contributed by atoms with E-state index in [0.717, 1.165) is 47.7 Å². The quantitative estimate of drug-likeness (QED) is 0.753. The summed E-state index contributed by atoms with van der Waals surface area (Å²) in [6.45, 7) is 4.73. The number of fused-ring (bicyclic) bond motifs is 1. The Bertz CT molecular complexity index is 960. The van der Waals surface area contributed by atoms with Crippen molar-refractivity contribution in [3.63, 3.8) is 0 Å². The summed E-state index contributed by atoms with van der Waals surface area (Å²) in [6, 6.07) is 4.43. The molecule has 2 aromatic heterocycles. The molecule has 0 radical (unpaired) electrons. The number of aromatic amines is 2. The largest absolute Gasteiger partial charge is 0.340 e. The van der Waals surface area contributed by atoms with E-state index in [2.05, 4.69) is 20.2 Å². The zero-order valence-corrected chi connectivity index (χ0v) is 15.0. The van der Waals surface area contributed by atoms with Gasteiger partial charge in [0.15, 0.2) is 0 Å². The monoisotopic (exact) mass is 355 g/mol. The number of hydrogen-bond acceptors (Lipinski definition) is 3. The number of imidazole rings is 1. The molecule has 1 saturated heterocycles. The van der Waals surface area contributed by atoms with Crippen LogP contribution < -0.4 is 0 Å². The topological polar surface area (TPSA) is 77.7 Å². The number of aromatic nitrogens is 4. The predicted octanol–water partition coefficient (Wildman–Crippen LogP) is 3.34. The van der Waals surface area contributed by atoms with Crippen LogP contribution in [0.4, 0.5) is 4.39 Å². The smallest absolute Gasteiger partial charge is 0.223 e. The number of rotatable bonds is 4. The first kappa shape index (κ1) is 16.8. The number of amides is 1. The van der Waals surface area contributed by atoms with Gasteiger partial charge in [0.2, 0.25) is 5.91 Å². The number of carbonyl (C=O) groups is 1. The molecule has 1 aliphatic rings. The Morgan fingerprint density at radius 2 is 2.23 bits per heavy atom. The maximum Gasteiger partial charge on any atom is 0.223 e. The molecule has 136 valence electrons. The van der Waals surface area contributed by atoms with Crippen molar-refractivity contribution in [2.45, 2.75) is 45.6 Å². The van der Waals surface area contributed by atoms with Gasteiger partial charge in [0, 0.05) is 25.1 Å². The molecule has 2 N–H and O–H groups in total. The number of nitrogens with one attached hydrogen (secondary N) is 2. The Kier molecular flexibility index (Phi) is 4.22. The third kappa shape index (κ3) is 2.98. The normalized spacial score (nSPS) is 17.3. The van der Waals surface area contributed by atoms with Crippen molar-refractivity contribution in [2.75, 3.05) is 6.54 Å². The summed E-state index contributed by atoms with van der Waals surface area (Å²) in [5.41, 5.74) is 4.51. The summed E-state index contributed by atoms with van der Waals surface area (Å²) in [6.07, 6.45) is 2.87. The molecule has 1 aliphatic heterocycles. The van der Waals surface area contributed by atoms with Gasteiger partial charge in [-0.1, -0.05) is 0 Å². The minimum Gasteiger partial charge on any atom is -0.340 e. The average molecular weight is 355 g/mol. The maximum atomic E-state index is 13.4. The van der Waals surface area contributed by atoms with Gasteiger partial charge in [0.1, 0.15) is 11.6 Å². The molecule has 0 saturated carbocycles. The second kappa shape index (κ2) is 6.55. The standard InChI is InChI=1S/C19H22FN5O/c1-11-12(2)23-24-14(11)7-8-18(26)25-9-3-4-17(25)19-21-15-6-5-13(20)10-16(15)22-19/h5-6,10,17H,3-4,7-9H2,1-2H3,(H,21,22)(H,23,24). The third-order valence-corrected chi connectivity index (χ3v) is 5.28. The minimum absolute atomic E-state index is 0.0695. The molecule has 3 heterocycles. The number of halogens is 1. The fourth-order valence-electron chi connectivity index (χ4n) is 3.66. The first-order valence-electron chi connectivity index (χ1n) is 8.98. The summed E-state index contributed by atoms with van der Waals surface area (Å²) < 4.78 is 13.4. The van der Waals surface area contributed by atoms with Crippen LogP contribution in [0, 0.1) is 19.7 Å². The molecule has 0 bridgehead atoms. The van der Waals surface area contributed by atoms with E-state index in [9.17, 15) is 9.18 Å². The van der Waals surface area contributed by atoms with E-state index in [0.29, 0.717) is 18.4 Å². The Balaban J connectivity index is 1.49. The lowest BCUT2D eigenvalue weighted by Gasteiger charge is -2.23.